The molecular weight excluding hydrogens is 324 g/mol. The maximum atomic E-state index is 11.6. The van der Waals surface area contributed by atoms with E-state index < -0.39 is 0 Å². The van der Waals surface area contributed by atoms with Gasteiger partial charge in [0.1, 0.15) is 16.2 Å². The van der Waals surface area contributed by atoms with Gasteiger partial charge in [-0.25, -0.2) is 19.7 Å². The van der Waals surface area contributed by atoms with Crippen LogP contribution in [-0.4, -0.2) is 34.1 Å². The molecule has 0 saturated heterocycles. The number of nitrogens with zero attached hydrogens (tertiary/aromatic N) is 3. The fourth-order valence-corrected chi connectivity index (χ4v) is 2.97. The van der Waals surface area contributed by atoms with Crippen molar-refractivity contribution in [1.29, 1.82) is 0 Å². The van der Waals surface area contributed by atoms with E-state index in [1.165, 1.54) is 11.3 Å². The van der Waals surface area contributed by atoms with Crippen molar-refractivity contribution in [2.24, 2.45) is 0 Å². The summed E-state index contributed by atoms with van der Waals surface area (Å²) in [5.41, 5.74) is 2.66. The van der Waals surface area contributed by atoms with E-state index >= 15 is 0 Å². The quantitative estimate of drug-likeness (QED) is 0.661. The Hall–Kier alpha value is -2.74. The highest BCUT2D eigenvalue weighted by Crippen LogP contribution is 2.28. The average Bonchev–Trinajstić information content (AvgIpc) is 2.97. The number of urea groups is 1. The Balaban J connectivity index is 1.84. The summed E-state index contributed by atoms with van der Waals surface area (Å²) in [6.07, 6.45) is 3.60. The second-order valence-corrected chi connectivity index (χ2v) is 5.99. The molecule has 8 heteroatoms. The zero-order valence-corrected chi connectivity index (χ0v) is 14.3. The molecule has 3 aromatic rings. The monoisotopic (exact) mass is 342 g/mol. The van der Waals surface area contributed by atoms with Crippen LogP contribution < -0.4 is 16.0 Å². The van der Waals surface area contributed by atoms with Crippen LogP contribution in [0.5, 0.6) is 0 Å². The highest BCUT2D eigenvalue weighted by atomic mass is 32.1. The van der Waals surface area contributed by atoms with Gasteiger partial charge in [0, 0.05) is 36.6 Å². The van der Waals surface area contributed by atoms with Gasteiger partial charge in [0.15, 0.2) is 5.13 Å². The van der Waals surface area contributed by atoms with Gasteiger partial charge in [-0.05, 0) is 32.0 Å². The van der Waals surface area contributed by atoms with Crippen LogP contribution in [0.3, 0.4) is 0 Å². The van der Waals surface area contributed by atoms with Crippen molar-refractivity contribution in [2.45, 2.75) is 13.8 Å². The van der Waals surface area contributed by atoms with Crippen molar-refractivity contribution < 1.29 is 4.79 Å². The Kier molecular flexibility index (Phi) is 4.85. The van der Waals surface area contributed by atoms with Crippen molar-refractivity contribution in [3.63, 3.8) is 0 Å². The number of pyridine rings is 2. The van der Waals surface area contributed by atoms with Crippen LogP contribution in [0.1, 0.15) is 13.8 Å². The molecule has 0 bridgehead atoms. The van der Waals surface area contributed by atoms with E-state index in [0.717, 1.165) is 33.8 Å². The van der Waals surface area contributed by atoms with Crippen molar-refractivity contribution >= 4 is 38.7 Å². The van der Waals surface area contributed by atoms with Gasteiger partial charge in [-0.3, -0.25) is 5.32 Å². The first kappa shape index (κ1) is 16.1. The number of rotatable bonds is 5. The molecular formula is C16H18N6OS. The van der Waals surface area contributed by atoms with Crippen LogP contribution in [0, 0.1) is 0 Å². The SMILES string of the molecule is CCNC(=O)Nc1nc2cc(-c3ccc(NCC)nc3)cnc2s1. The van der Waals surface area contributed by atoms with E-state index in [0.29, 0.717) is 11.7 Å². The fraction of sp³-hybridized carbons (Fsp3) is 0.250. The molecule has 0 spiro atoms. The van der Waals surface area contributed by atoms with E-state index in [1.807, 2.05) is 32.0 Å². The van der Waals surface area contributed by atoms with Gasteiger partial charge < -0.3 is 10.6 Å². The molecule has 0 radical (unpaired) electrons. The van der Waals surface area contributed by atoms with Crippen molar-refractivity contribution in [1.82, 2.24) is 20.3 Å². The van der Waals surface area contributed by atoms with E-state index in [4.69, 9.17) is 0 Å². The summed E-state index contributed by atoms with van der Waals surface area (Å²) in [6.45, 7) is 5.29. The molecule has 2 amide bonds. The minimum atomic E-state index is -0.264. The Morgan fingerprint density at radius 3 is 2.67 bits per heavy atom. The predicted molar refractivity (Wildman–Crippen MR) is 97.5 cm³/mol. The summed E-state index contributed by atoms with van der Waals surface area (Å²) in [5, 5.41) is 9.08. The largest absolute Gasteiger partial charge is 0.370 e. The number of amides is 2. The molecule has 0 fully saturated rings. The molecule has 0 atom stereocenters. The van der Waals surface area contributed by atoms with Crippen molar-refractivity contribution in [3.05, 3.63) is 30.6 Å². The minimum absolute atomic E-state index is 0.264. The predicted octanol–water partition coefficient (Wildman–Crippen LogP) is 3.33. The van der Waals surface area contributed by atoms with E-state index in [2.05, 4.69) is 30.9 Å². The van der Waals surface area contributed by atoms with Gasteiger partial charge in [0.2, 0.25) is 0 Å². The number of anilines is 2. The molecule has 7 nitrogen and oxygen atoms in total. The molecule has 0 aliphatic rings. The van der Waals surface area contributed by atoms with Crippen LogP contribution in [0.4, 0.5) is 15.7 Å². The molecule has 0 aromatic carbocycles. The first-order valence-corrected chi connectivity index (χ1v) is 8.53. The molecule has 3 N–H and O–H groups in total. The van der Waals surface area contributed by atoms with E-state index in [1.54, 1.807) is 12.4 Å². The maximum Gasteiger partial charge on any atom is 0.321 e. The van der Waals surface area contributed by atoms with E-state index in [9.17, 15) is 4.79 Å². The minimum Gasteiger partial charge on any atom is -0.370 e. The lowest BCUT2D eigenvalue weighted by Gasteiger charge is -2.04. The number of hydrogen-bond donors (Lipinski definition) is 3. The van der Waals surface area contributed by atoms with Gasteiger partial charge in [-0.15, -0.1) is 0 Å². The number of aromatic nitrogens is 3. The topological polar surface area (TPSA) is 91.8 Å². The normalized spacial score (nSPS) is 10.6. The van der Waals surface area contributed by atoms with Crippen LogP contribution >= 0.6 is 11.3 Å². The standard InChI is InChI=1S/C16H18N6OS/c1-3-17-13-6-5-10(8-19-13)11-7-12-14(20-9-11)24-16(21-12)22-15(23)18-4-2/h5-9H,3-4H2,1-2H3,(H,17,19)(H2,18,21,22,23). The van der Waals surface area contributed by atoms with Gasteiger partial charge in [-0.2, -0.15) is 0 Å². The molecule has 3 heterocycles. The summed E-state index contributed by atoms with van der Waals surface area (Å²) in [6, 6.07) is 5.62. The second kappa shape index (κ2) is 7.22. The number of carbonyl (C=O) groups is 1. The Morgan fingerprint density at radius 1 is 1.12 bits per heavy atom. The molecule has 0 aliphatic carbocycles. The third kappa shape index (κ3) is 3.60. The highest BCUT2D eigenvalue weighted by molar-refractivity contribution is 7.21. The van der Waals surface area contributed by atoms with Gasteiger partial charge in [0.05, 0.1) is 0 Å². The molecule has 124 valence electrons. The number of fused-ring (bicyclic) bond motifs is 1. The summed E-state index contributed by atoms with van der Waals surface area (Å²) >= 11 is 1.34. The maximum absolute atomic E-state index is 11.6. The van der Waals surface area contributed by atoms with Crippen LogP contribution in [0.15, 0.2) is 30.6 Å². The van der Waals surface area contributed by atoms with Crippen molar-refractivity contribution in [3.8, 4) is 11.1 Å². The fourth-order valence-electron chi connectivity index (χ4n) is 2.19. The number of hydrogen-bond acceptors (Lipinski definition) is 6. The molecule has 3 aromatic heterocycles. The third-order valence-corrected chi connectivity index (χ3v) is 4.15. The number of carbonyl (C=O) groups excluding carboxylic acids is 1. The smallest absolute Gasteiger partial charge is 0.321 e. The lowest BCUT2D eigenvalue weighted by molar-refractivity contribution is 0.252. The highest BCUT2D eigenvalue weighted by Gasteiger charge is 2.09. The molecule has 24 heavy (non-hydrogen) atoms. The van der Waals surface area contributed by atoms with Crippen LogP contribution in [0.2, 0.25) is 0 Å². The summed E-state index contributed by atoms with van der Waals surface area (Å²) < 4.78 is 0. The number of nitrogens with one attached hydrogen (secondary N) is 3. The molecule has 0 aliphatic heterocycles. The van der Waals surface area contributed by atoms with Crippen LogP contribution in [0.25, 0.3) is 21.5 Å². The lowest BCUT2D eigenvalue weighted by Crippen LogP contribution is -2.28. The third-order valence-electron chi connectivity index (χ3n) is 3.26. The Bertz CT molecular complexity index is 845. The second-order valence-electron chi connectivity index (χ2n) is 5.01. The van der Waals surface area contributed by atoms with Gasteiger partial charge in [0.25, 0.3) is 0 Å². The lowest BCUT2D eigenvalue weighted by atomic mass is 10.1. The molecule has 0 unspecified atom stereocenters. The Morgan fingerprint density at radius 2 is 1.96 bits per heavy atom. The van der Waals surface area contributed by atoms with Gasteiger partial charge >= 0.3 is 6.03 Å². The number of thiazole rings is 1. The Labute approximate surface area is 143 Å². The first-order chi connectivity index (χ1) is 11.7. The zero-order chi connectivity index (χ0) is 16.9. The molecule has 0 saturated carbocycles. The van der Waals surface area contributed by atoms with Gasteiger partial charge in [-0.1, -0.05) is 11.3 Å². The zero-order valence-electron chi connectivity index (χ0n) is 13.5. The first-order valence-electron chi connectivity index (χ1n) is 7.71. The van der Waals surface area contributed by atoms with E-state index in [-0.39, 0.29) is 6.03 Å². The summed E-state index contributed by atoms with van der Waals surface area (Å²) in [5.74, 6) is 0.845. The van der Waals surface area contributed by atoms with Crippen molar-refractivity contribution in [2.75, 3.05) is 23.7 Å². The average molecular weight is 342 g/mol. The van der Waals surface area contributed by atoms with Crippen LogP contribution in [-0.2, 0) is 0 Å². The summed E-state index contributed by atoms with van der Waals surface area (Å²) in [4.78, 5) is 25.6. The molecule has 3 rings (SSSR count). The summed E-state index contributed by atoms with van der Waals surface area (Å²) in [7, 11) is 0.